The Morgan fingerprint density at radius 1 is 1.32 bits per heavy atom. The molecule has 3 nitrogen and oxygen atoms in total. The Balaban J connectivity index is 1.86. The zero-order chi connectivity index (χ0) is 13.7. The summed E-state index contributed by atoms with van der Waals surface area (Å²) < 4.78 is 0.756. The van der Waals surface area contributed by atoms with Crippen molar-refractivity contribution in [1.29, 1.82) is 0 Å². The van der Waals surface area contributed by atoms with E-state index < -0.39 is 0 Å². The first-order valence-electron chi connectivity index (χ1n) is 7.13. The van der Waals surface area contributed by atoms with E-state index in [1.807, 2.05) is 6.92 Å². The molecular weight excluding hydrogens is 276 g/mol. The number of H-pyrrole nitrogens is 1. The first-order chi connectivity index (χ1) is 9.15. The molecular formula is C14H22N2OS2. The van der Waals surface area contributed by atoms with Gasteiger partial charge in [0.05, 0.1) is 6.42 Å². The molecule has 2 N–H and O–H groups in total. The van der Waals surface area contributed by atoms with Crippen molar-refractivity contribution < 1.29 is 4.79 Å². The van der Waals surface area contributed by atoms with Gasteiger partial charge in [-0.25, -0.2) is 0 Å². The number of amides is 1. The number of carbonyl (C=O) groups excluding carboxylic acids is 1. The van der Waals surface area contributed by atoms with Gasteiger partial charge in [0.15, 0.2) is 3.95 Å². The Bertz CT molecular complexity index is 470. The summed E-state index contributed by atoms with van der Waals surface area (Å²) in [6.07, 6.45) is 9.18. The van der Waals surface area contributed by atoms with Crippen LogP contribution in [0.2, 0.25) is 0 Å². The third kappa shape index (κ3) is 4.73. The van der Waals surface area contributed by atoms with E-state index in [-0.39, 0.29) is 5.91 Å². The summed E-state index contributed by atoms with van der Waals surface area (Å²) in [5, 5.41) is 3.19. The molecule has 0 aliphatic heterocycles. The molecule has 106 valence electrons. The van der Waals surface area contributed by atoms with Crippen molar-refractivity contribution in [2.45, 2.75) is 64.3 Å². The molecule has 1 saturated carbocycles. The Labute approximate surface area is 123 Å². The lowest BCUT2D eigenvalue weighted by Gasteiger charge is -2.20. The number of aromatic amines is 1. The highest BCUT2D eigenvalue weighted by atomic mass is 32.1. The second kappa shape index (κ2) is 7.20. The second-order valence-corrected chi connectivity index (χ2v) is 7.12. The Kier molecular flexibility index (Phi) is 5.58. The maximum Gasteiger partial charge on any atom is 0.225 e. The summed E-state index contributed by atoms with van der Waals surface area (Å²) in [4.78, 5) is 16.2. The zero-order valence-electron chi connectivity index (χ0n) is 11.5. The van der Waals surface area contributed by atoms with Crippen molar-refractivity contribution in [1.82, 2.24) is 10.3 Å². The highest BCUT2D eigenvalue weighted by molar-refractivity contribution is 7.73. The van der Waals surface area contributed by atoms with Gasteiger partial charge in [0.1, 0.15) is 0 Å². The normalized spacial score (nSPS) is 17.7. The van der Waals surface area contributed by atoms with Crippen molar-refractivity contribution in [3.8, 4) is 0 Å². The number of nitrogens with one attached hydrogen (secondary N) is 2. The van der Waals surface area contributed by atoms with Crippen molar-refractivity contribution in [3.05, 3.63) is 14.5 Å². The van der Waals surface area contributed by atoms with Gasteiger partial charge in [-0.05, 0) is 32.0 Å². The molecule has 1 heterocycles. The predicted molar refractivity (Wildman–Crippen MR) is 82.2 cm³/mol. The van der Waals surface area contributed by atoms with Crippen molar-refractivity contribution >= 4 is 29.5 Å². The van der Waals surface area contributed by atoms with Crippen LogP contribution in [0.5, 0.6) is 0 Å². The average molecular weight is 298 g/mol. The minimum atomic E-state index is 0.138. The standard InChI is InChI=1S/C14H22N2OS2/c1-10-12(19-14(18)15-10)9-13(17)16-11-7-5-3-2-4-6-8-11/h11H,2-9H2,1H3,(H,15,18)(H,16,17). The second-order valence-electron chi connectivity index (χ2n) is 5.35. The largest absolute Gasteiger partial charge is 0.353 e. The number of rotatable bonds is 3. The molecule has 0 radical (unpaired) electrons. The number of aromatic nitrogens is 1. The van der Waals surface area contributed by atoms with Crippen molar-refractivity contribution in [2.24, 2.45) is 0 Å². The fraction of sp³-hybridized carbons (Fsp3) is 0.714. The van der Waals surface area contributed by atoms with Crippen LogP contribution < -0.4 is 5.32 Å². The first kappa shape index (κ1) is 14.7. The molecule has 1 aromatic rings. The lowest BCUT2D eigenvalue weighted by atomic mass is 9.96. The Morgan fingerprint density at radius 3 is 2.53 bits per heavy atom. The highest BCUT2D eigenvalue weighted by Crippen LogP contribution is 2.18. The van der Waals surface area contributed by atoms with Gasteiger partial charge in [0.2, 0.25) is 5.91 Å². The fourth-order valence-electron chi connectivity index (χ4n) is 2.63. The summed E-state index contributed by atoms with van der Waals surface area (Å²) in [6, 6.07) is 0.375. The van der Waals surface area contributed by atoms with E-state index in [4.69, 9.17) is 12.2 Å². The summed E-state index contributed by atoms with van der Waals surface area (Å²) in [5.41, 5.74) is 1.03. The van der Waals surface area contributed by atoms with Crippen LogP contribution in [0.4, 0.5) is 0 Å². The molecule has 1 fully saturated rings. The maximum absolute atomic E-state index is 12.1. The van der Waals surface area contributed by atoms with Crippen LogP contribution in [0.25, 0.3) is 0 Å². The monoisotopic (exact) mass is 298 g/mol. The lowest BCUT2D eigenvalue weighted by molar-refractivity contribution is -0.121. The van der Waals surface area contributed by atoms with E-state index in [0.717, 1.165) is 27.4 Å². The minimum Gasteiger partial charge on any atom is -0.353 e. The number of carbonyl (C=O) groups is 1. The van der Waals surface area contributed by atoms with Crippen LogP contribution in [0.1, 0.15) is 55.5 Å². The zero-order valence-corrected chi connectivity index (χ0v) is 13.1. The molecule has 19 heavy (non-hydrogen) atoms. The summed E-state index contributed by atoms with van der Waals surface area (Å²) >= 11 is 6.61. The number of hydrogen-bond acceptors (Lipinski definition) is 3. The molecule has 1 amide bonds. The van der Waals surface area contributed by atoms with E-state index in [2.05, 4.69) is 10.3 Å². The molecule has 1 aromatic heterocycles. The van der Waals surface area contributed by atoms with Gasteiger partial charge in [0, 0.05) is 16.6 Å². The minimum absolute atomic E-state index is 0.138. The molecule has 2 rings (SSSR count). The van der Waals surface area contributed by atoms with Gasteiger partial charge < -0.3 is 10.3 Å². The Hall–Kier alpha value is -0.680. The molecule has 1 aliphatic rings. The average Bonchev–Trinajstić information content (AvgIpc) is 2.61. The van der Waals surface area contributed by atoms with Crippen LogP contribution in [0.15, 0.2) is 0 Å². The van der Waals surface area contributed by atoms with Gasteiger partial charge in [-0.3, -0.25) is 4.79 Å². The van der Waals surface area contributed by atoms with E-state index in [1.54, 1.807) is 0 Å². The number of thiazole rings is 1. The SMILES string of the molecule is Cc1[nH]c(=S)sc1CC(=O)NC1CCCCCCC1. The lowest BCUT2D eigenvalue weighted by Crippen LogP contribution is -2.36. The van der Waals surface area contributed by atoms with E-state index in [9.17, 15) is 4.79 Å². The van der Waals surface area contributed by atoms with Crippen LogP contribution >= 0.6 is 23.6 Å². The predicted octanol–water partition coefficient (Wildman–Crippen LogP) is 3.89. The third-order valence-electron chi connectivity index (χ3n) is 3.72. The van der Waals surface area contributed by atoms with Gasteiger partial charge in [0.25, 0.3) is 0 Å². The molecule has 1 aliphatic carbocycles. The van der Waals surface area contributed by atoms with Crippen LogP contribution in [-0.4, -0.2) is 16.9 Å². The smallest absolute Gasteiger partial charge is 0.225 e. The van der Waals surface area contributed by atoms with Crippen LogP contribution in [0, 0.1) is 10.9 Å². The van der Waals surface area contributed by atoms with Gasteiger partial charge in [-0.1, -0.05) is 32.1 Å². The van der Waals surface area contributed by atoms with E-state index in [0.29, 0.717) is 12.5 Å². The van der Waals surface area contributed by atoms with Crippen LogP contribution in [0.3, 0.4) is 0 Å². The molecule has 0 unspecified atom stereocenters. The van der Waals surface area contributed by atoms with Crippen LogP contribution in [-0.2, 0) is 11.2 Å². The summed E-state index contributed by atoms with van der Waals surface area (Å²) in [5.74, 6) is 0.138. The molecule has 0 saturated heterocycles. The quantitative estimate of drug-likeness (QED) is 0.832. The van der Waals surface area contributed by atoms with Crippen molar-refractivity contribution in [3.63, 3.8) is 0 Å². The first-order valence-corrected chi connectivity index (χ1v) is 8.35. The van der Waals surface area contributed by atoms with Gasteiger partial charge >= 0.3 is 0 Å². The third-order valence-corrected chi connectivity index (χ3v) is 5.05. The number of hydrogen-bond donors (Lipinski definition) is 2. The maximum atomic E-state index is 12.1. The molecule has 5 heteroatoms. The van der Waals surface area contributed by atoms with Gasteiger partial charge in [-0.15, -0.1) is 11.3 Å². The van der Waals surface area contributed by atoms with Crippen molar-refractivity contribution in [2.75, 3.05) is 0 Å². The van der Waals surface area contributed by atoms with E-state index in [1.165, 1.54) is 43.4 Å². The fourth-order valence-corrected chi connectivity index (χ4v) is 3.92. The van der Waals surface area contributed by atoms with E-state index >= 15 is 0 Å². The Morgan fingerprint density at radius 2 is 1.95 bits per heavy atom. The summed E-state index contributed by atoms with van der Waals surface area (Å²) in [7, 11) is 0. The molecule has 0 atom stereocenters. The highest BCUT2D eigenvalue weighted by Gasteiger charge is 2.15. The molecule has 0 aromatic carbocycles. The molecule has 0 bridgehead atoms. The number of aryl methyl sites for hydroxylation is 1. The topological polar surface area (TPSA) is 44.9 Å². The van der Waals surface area contributed by atoms with Gasteiger partial charge in [-0.2, -0.15) is 0 Å². The molecule has 0 spiro atoms. The summed E-state index contributed by atoms with van der Waals surface area (Å²) in [6.45, 7) is 1.98.